The van der Waals surface area contributed by atoms with Crippen molar-refractivity contribution in [2.24, 2.45) is 0 Å². The number of hydrogen-bond donors (Lipinski definition) is 5. The largest absolute Gasteiger partial charge is 0.508 e. The van der Waals surface area contributed by atoms with E-state index in [0.29, 0.717) is 11.5 Å². The van der Waals surface area contributed by atoms with Crippen molar-refractivity contribution in [3.63, 3.8) is 0 Å². The molecule has 256 valence electrons. The number of aromatic hydroxyl groups is 2. The number of hydrogen-bond acceptors (Lipinski definition) is 5. The zero-order valence-corrected chi connectivity index (χ0v) is 29.1. The lowest BCUT2D eigenvalue weighted by molar-refractivity contribution is 0.107. The Balaban J connectivity index is 0.000000149. The van der Waals surface area contributed by atoms with Gasteiger partial charge in [-0.15, -0.1) is 0 Å². The molecule has 6 aromatic rings. The Bertz CT molecular complexity index is 2120. The van der Waals surface area contributed by atoms with Gasteiger partial charge in [-0.05, 0) is 90.4 Å². The van der Waals surface area contributed by atoms with E-state index in [0.717, 1.165) is 33.4 Å². The molecule has 50 heavy (non-hydrogen) atoms. The summed E-state index contributed by atoms with van der Waals surface area (Å²) in [6.07, 6.45) is 0. The van der Waals surface area contributed by atoms with Gasteiger partial charge in [0.25, 0.3) is 0 Å². The van der Waals surface area contributed by atoms with E-state index in [1.807, 2.05) is 68.4 Å². The third kappa shape index (κ3) is 7.49. The Labute approximate surface area is 293 Å². The van der Waals surface area contributed by atoms with Gasteiger partial charge in [-0.1, -0.05) is 132 Å². The van der Waals surface area contributed by atoms with Crippen LogP contribution in [0.1, 0.15) is 52.8 Å². The molecule has 7 nitrogen and oxygen atoms in total. The molecule has 2 aliphatic carbocycles. The minimum absolute atomic E-state index is 0.316. The van der Waals surface area contributed by atoms with Gasteiger partial charge in [0.2, 0.25) is 0 Å². The van der Waals surface area contributed by atoms with Crippen LogP contribution in [0.25, 0.3) is 22.3 Å². The fourth-order valence-corrected chi connectivity index (χ4v) is 6.77. The predicted molar refractivity (Wildman–Crippen MR) is 198 cm³/mol. The molecule has 0 bridgehead atoms. The highest BCUT2D eigenvalue weighted by Crippen LogP contribution is 2.54. The van der Waals surface area contributed by atoms with Gasteiger partial charge in [-0.2, -0.15) is 8.42 Å². The molecule has 0 unspecified atom stereocenters. The van der Waals surface area contributed by atoms with Gasteiger partial charge in [0, 0.05) is 11.0 Å². The van der Waals surface area contributed by atoms with Gasteiger partial charge in [0.15, 0.2) is 0 Å². The fourth-order valence-electron chi connectivity index (χ4n) is 6.77. The normalized spacial score (nSPS) is 13.7. The monoisotopic (exact) mass is 688 g/mol. The van der Waals surface area contributed by atoms with Crippen molar-refractivity contribution >= 4 is 10.4 Å². The van der Waals surface area contributed by atoms with E-state index >= 15 is 0 Å². The predicted octanol–water partition coefficient (Wildman–Crippen LogP) is 9.01. The molecule has 8 heteroatoms. The summed E-state index contributed by atoms with van der Waals surface area (Å²) in [7, 11) is -4.67. The number of phenols is 2. The van der Waals surface area contributed by atoms with Gasteiger partial charge >= 0.3 is 10.4 Å². The molecular formula is C42H40O7S. The lowest BCUT2D eigenvalue weighted by atomic mass is 9.73. The molecule has 0 aromatic heterocycles. The quantitative estimate of drug-likeness (QED) is 0.109. The summed E-state index contributed by atoms with van der Waals surface area (Å²) in [6, 6.07) is 46.1. The van der Waals surface area contributed by atoms with Crippen LogP contribution in [0, 0.1) is 13.8 Å². The first-order chi connectivity index (χ1) is 23.6. The first-order valence-electron chi connectivity index (χ1n) is 16.0. The lowest BCUT2D eigenvalue weighted by Crippen LogP contribution is -2.22. The number of fused-ring (bicyclic) bond motifs is 6. The van der Waals surface area contributed by atoms with Crippen molar-refractivity contribution in [2.45, 2.75) is 38.7 Å². The van der Waals surface area contributed by atoms with Gasteiger partial charge < -0.3 is 15.3 Å². The molecule has 0 aliphatic heterocycles. The van der Waals surface area contributed by atoms with Crippen molar-refractivity contribution in [1.29, 1.82) is 0 Å². The number of benzene rings is 6. The zero-order chi connectivity index (χ0) is 36.3. The lowest BCUT2D eigenvalue weighted by Gasteiger charge is -2.29. The highest BCUT2D eigenvalue weighted by atomic mass is 32.3. The summed E-state index contributed by atoms with van der Waals surface area (Å²) in [5, 5.41) is 29.8. The van der Waals surface area contributed by atoms with E-state index in [1.165, 1.54) is 27.8 Å². The summed E-state index contributed by atoms with van der Waals surface area (Å²) < 4.78 is 31.6. The Kier molecular flexibility index (Phi) is 10.3. The van der Waals surface area contributed by atoms with Crippen LogP contribution < -0.4 is 0 Å². The summed E-state index contributed by atoms with van der Waals surface area (Å²) >= 11 is 0. The summed E-state index contributed by atoms with van der Waals surface area (Å²) in [6.45, 7) is 8.13. The number of rotatable bonds is 1. The average molecular weight is 689 g/mol. The maximum absolute atomic E-state index is 10.5. The second-order valence-corrected chi connectivity index (χ2v) is 13.6. The van der Waals surface area contributed by atoms with Crippen LogP contribution in [0.5, 0.6) is 11.5 Å². The van der Waals surface area contributed by atoms with Crippen LogP contribution in [-0.4, -0.2) is 32.8 Å². The molecule has 8 rings (SSSR count). The third-order valence-electron chi connectivity index (χ3n) is 9.14. The highest BCUT2D eigenvalue weighted by Gasteiger charge is 2.42. The summed E-state index contributed by atoms with van der Waals surface area (Å²) in [5.74, 6) is 0.690. The third-order valence-corrected chi connectivity index (χ3v) is 9.14. The SMILES string of the molecule is CC1(O)c2ccccc2-c2ccccc21.Cc1ccc(O)c(C2(C)c3ccccc3-c3ccccc32)c1.Cc1ccc(O)cc1.O=S(=O)(O)O. The van der Waals surface area contributed by atoms with Gasteiger partial charge in [0.1, 0.15) is 17.1 Å². The Morgan fingerprint density at radius 2 is 0.820 bits per heavy atom. The van der Waals surface area contributed by atoms with Gasteiger partial charge in [-0.3, -0.25) is 9.11 Å². The molecule has 0 fully saturated rings. The average Bonchev–Trinajstić information content (AvgIpc) is 3.49. The van der Waals surface area contributed by atoms with Crippen LogP contribution in [0.15, 0.2) is 140 Å². The second kappa shape index (κ2) is 14.3. The molecule has 0 heterocycles. The van der Waals surface area contributed by atoms with Gasteiger partial charge in [0.05, 0.1) is 0 Å². The van der Waals surface area contributed by atoms with E-state index in [4.69, 9.17) is 22.6 Å². The molecule has 0 amide bonds. The van der Waals surface area contributed by atoms with Crippen LogP contribution in [0.2, 0.25) is 0 Å². The van der Waals surface area contributed by atoms with Crippen molar-refractivity contribution in [3.05, 3.63) is 178 Å². The fraction of sp³-hybridized carbons (Fsp3) is 0.143. The number of aliphatic hydroxyl groups is 1. The molecule has 0 atom stereocenters. The minimum atomic E-state index is -4.67. The maximum Gasteiger partial charge on any atom is 0.394 e. The van der Waals surface area contributed by atoms with E-state index < -0.39 is 16.0 Å². The molecule has 0 spiro atoms. The Morgan fingerprint density at radius 3 is 1.22 bits per heavy atom. The highest BCUT2D eigenvalue weighted by molar-refractivity contribution is 7.79. The standard InChI is InChI=1S/C21H18O.C14H12O.C7H8O.H2O4S/c1-14-11-12-20(22)19(13-14)21(2)17-9-5-3-7-15(17)16-8-4-6-10-18(16)21;1-14(15)12-8-4-2-6-10(12)11-7-3-5-9-13(11)14;1-6-2-4-7(8)5-3-6;1-5(2,3)4/h3-13,22H,1-2H3;2-9,15H,1H3;2-5,8H,1H3;(H2,1,2,3,4). The van der Waals surface area contributed by atoms with E-state index in [1.54, 1.807) is 18.2 Å². The molecule has 0 radical (unpaired) electrons. The molecule has 0 saturated heterocycles. The zero-order valence-electron chi connectivity index (χ0n) is 28.2. The van der Waals surface area contributed by atoms with Crippen LogP contribution in [0.3, 0.4) is 0 Å². The first-order valence-corrected chi connectivity index (χ1v) is 17.4. The molecule has 2 aliphatic rings. The smallest absolute Gasteiger partial charge is 0.394 e. The molecule has 0 saturated carbocycles. The molecular weight excluding hydrogens is 649 g/mol. The number of phenolic OH excluding ortho intramolecular Hbond substituents is 2. The Morgan fingerprint density at radius 1 is 0.480 bits per heavy atom. The summed E-state index contributed by atoms with van der Waals surface area (Å²) in [5.41, 5.74) is 11.5. The maximum atomic E-state index is 10.5. The second-order valence-electron chi connectivity index (χ2n) is 12.7. The first kappa shape index (κ1) is 36.0. The van der Waals surface area contributed by atoms with E-state index in [2.05, 4.69) is 80.6 Å². The number of aryl methyl sites for hydroxylation is 2. The summed E-state index contributed by atoms with van der Waals surface area (Å²) in [4.78, 5) is 0. The van der Waals surface area contributed by atoms with Crippen molar-refractivity contribution in [2.75, 3.05) is 0 Å². The van der Waals surface area contributed by atoms with E-state index in [-0.39, 0.29) is 5.41 Å². The van der Waals surface area contributed by atoms with Crippen molar-refractivity contribution in [1.82, 2.24) is 0 Å². The van der Waals surface area contributed by atoms with Crippen LogP contribution >= 0.6 is 0 Å². The Hall–Kier alpha value is -5.25. The van der Waals surface area contributed by atoms with Gasteiger partial charge in [-0.25, -0.2) is 0 Å². The topological polar surface area (TPSA) is 135 Å². The van der Waals surface area contributed by atoms with Crippen LogP contribution in [-0.2, 0) is 21.4 Å². The van der Waals surface area contributed by atoms with Crippen molar-refractivity contribution in [3.8, 4) is 33.8 Å². The van der Waals surface area contributed by atoms with Crippen LogP contribution in [0.4, 0.5) is 0 Å². The van der Waals surface area contributed by atoms with Crippen molar-refractivity contribution < 1.29 is 32.8 Å². The molecule has 5 N–H and O–H groups in total. The minimum Gasteiger partial charge on any atom is -0.508 e. The van der Waals surface area contributed by atoms with E-state index in [9.17, 15) is 10.2 Å². The molecule has 6 aromatic carbocycles.